The number of fused-ring (bicyclic) bond motifs is 1. The van der Waals surface area contributed by atoms with Crippen molar-refractivity contribution in [1.82, 2.24) is 5.32 Å². The summed E-state index contributed by atoms with van der Waals surface area (Å²) in [4.78, 5) is 20.1. The molecule has 7 heteroatoms. The molecule has 0 aromatic heterocycles. The molecule has 110 valence electrons. The molecule has 3 rings (SSSR count). The molecule has 1 aliphatic carbocycles. The van der Waals surface area contributed by atoms with E-state index in [1.54, 1.807) is 6.08 Å². The molecule has 6 nitrogen and oxygen atoms in total. The van der Waals surface area contributed by atoms with Crippen molar-refractivity contribution in [2.75, 3.05) is 7.11 Å². The lowest BCUT2D eigenvalue weighted by Gasteiger charge is -2.12. The summed E-state index contributed by atoms with van der Waals surface area (Å²) in [6, 6.07) is 9.56. The Labute approximate surface area is 130 Å². The molecule has 1 aromatic carbocycles. The Hall–Kier alpha value is -2.80. The maximum atomic E-state index is 11.6. The molecular weight excluding hydrogens is 302 g/mol. The van der Waals surface area contributed by atoms with Crippen molar-refractivity contribution in [3.05, 3.63) is 53.7 Å². The van der Waals surface area contributed by atoms with Gasteiger partial charge in [0.05, 0.1) is 24.1 Å². The van der Waals surface area contributed by atoms with E-state index in [0.717, 1.165) is 11.1 Å². The second kappa shape index (κ2) is 5.90. The van der Waals surface area contributed by atoms with Gasteiger partial charge in [-0.3, -0.25) is 5.32 Å². The van der Waals surface area contributed by atoms with Gasteiger partial charge in [-0.2, -0.15) is 0 Å². The number of amides is 1. The molecular formula is C15H11N3O3S. The van der Waals surface area contributed by atoms with Crippen LogP contribution in [0.2, 0.25) is 0 Å². The van der Waals surface area contributed by atoms with Gasteiger partial charge in [-0.15, -0.1) is 0 Å². The topological polar surface area (TPSA) is 80.1 Å². The number of ether oxygens (including phenoxy) is 1. The van der Waals surface area contributed by atoms with Gasteiger partial charge >= 0.3 is 6.09 Å². The minimum atomic E-state index is -0.657. The molecule has 0 saturated heterocycles. The highest BCUT2D eigenvalue weighted by Crippen LogP contribution is 2.25. The van der Waals surface area contributed by atoms with Crippen LogP contribution in [-0.4, -0.2) is 33.9 Å². The van der Waals surface area contributed by atoms with Gasteiger partial charge in [0.2, 0.25) is 5.96 Å². The van der Waals surface area contributed by atoms with Crippen molar-refractivity contribution in [2.24, 2.45) is 9.98 Å². The Morgan fingerprint density at radius 3 is 2.64 bits per heavy atom. The zero-order valence-corrected chi connectivity index (χ0v) is 12.4. The lowest BCUT2D eigenvalue weighted by molar-refractivity contribution is 0.176. The average Bonchev–Trinajstić information content (AvgIpc) is 2.96. The Kier molecular flexibility index (Phi) is 3.80. The van der Waals surface area contributed by atoms with Crippen LogP contribution in [0.1, 0.15) is 5.56 Å². The third-order valence-electron chi connectivity index (χ3n) is 3.12. The van der Waals surface area contributed by atoms with Crippen LogP contribution in [0.5, 0.6) is 0 Å². The normalized spacial score (nSPS) is 16.0. The molecule has 0 radical (unpaired) electrons. The Morgan fingerprint density at radius 1 is 1.18 bits per heavy atom. The van der Waals surface area contributed by atoms with E-state index in [4.69, 9.17) is 0 Å². The fourth-order valence-corrected chi connectivity index (χ4v) is 2.64. The van der Waals surface area contributed by atoms with Crippen LogP contribution in [0.4, 0.5) is 4.79 Å². The predicted molar refractivity (Wildman–Crippen MR) is 86.1 cm³/mol. The summed E-state index contributed by atoms with van der Waals surface area (Å²) >= 11 is 0.361. The van der Waals surface area contributed by atoms with Crippen LogP contribution < -0.4 is 5.32 Å². The smallest absolute Gasteiger partial charge is 0.413 e. The van der Waals surface area contributed by atoms with Crippen LogP contribution in [0.3, 0.4) is 0 Å². The van der Waals surface area contributed by atoms with Crippen LogP contribution in [0.15, 0.2) is 58.2 Å². The van der Waals surface area contributed by atoms with E-state index < -0.39 is 6.09 Å². The van der Waals surface area contributed by atoms with Gasteiger partial charge < -0.3 is 4.74 Å². The number of alkyl carbamates (subject to hydrolysis) is 1. The summed E-state index contributed by atoms with van der Waals surface area (Å²) in [5, 5.41) is 2.40. The van der Waals surface area contributed by atoms with Crippen molar-refractivity contribution < 1.29 is 13.7 Å². The zero-order chi connectivity index (χ0) is 15.5. The fraction of sp³-hybridized carbons (Fsp3) is 0.0667. The number of guanidine groups is 1. The van der Waals surface area contributed by atoms with Gasteiger partial charge in [-0.05, 0) is 11.6 Å². The van der Waals surface area contributed by atoms with Gasteiger partial charge in [-0.25, -0.2) is 19.0 Å². The first-order valence-corrected chi connectivity index (χ1v) is 7.14. The Bertz CT molecular complexity index is 816. The third kappa shape index (κ3) is 2.53. The molecule has 1 amide bonds. The fourth-order valence-electron chi connectivity index (χ4n) is 2.13. The molecule has 0 bridgehead atoms. The molecule has 22 heavy (non-hydrogen) atoms. The maximum Gasteiger partial charge on any atom is 0.413 e. The van der Waals surface area contributed by atoms with Gasteiger partial charge in [0.15, 0.2) is 0 Å². The number of carbonyl (C=O) groups excluding carboxylic acids is 1. The molecule has 0 saturated carbocycles. The maximum absolute atomic E-state index is 11.6. The molecule has 1 N–H and O–H groups in total. The minimum absolute atomic E-state index is 0.113. The molecule has 0 atom stereocenters. The zero-order valence-electron chi connectivity index (χ0n) is 11.6. The number of methoxy groups -OCH3 is 1. The van der Waals surface area contributed by atoms with E-state index in [-0.39, 0.29) is 5.96 Å². The van der Waals surface area contributed by atoms with Gasteiger partial charge in [-0.1, -0.05) is 36.4 Å². The summed E-state index contributed by atoms with van der Waals surface area (Å²) in [5.41, 5.74) is 2.73. The largest absolute Gasteiger partial charge is 0.453 e. The van der Waals surface area contributed by atoms with Gasteiger partial charge in [0.25, 0.3) is 0 Å². The summed E-state index contributed by atoms with van der Waals surface area (Å²) in [5.74, 6) is 0.113. The number of rotatable bonds is 1. The van der Waals surface area contributed by atoms with Crippen molar-refractivity contribution in [1.29, 1.82) is 0 Å². The first kappa shape index (κ1) is 14.2. The number of benzene rings is 1. The predicted octanol–water partition coefficient (Wildman–Crippen LogP) is 1.52. The number of carbonyl (C=O) groups is 1. The lowest BCUT2D eigenvalue weighted by atomic mass is 9.94. The molecule has 0 unspecified atom stereocenters. The van der Waals surface area contributed by atoms with Crippen LogP contribution in [-0.2, 0) is 16.0 Å². The SMILES string of the molecule is COC(=O)NC1=NC2=CC=C(c3ccccc3)C(=S=O)C2=N1. The van der Waals surface area contributed by atoms with E-state index in [0.29, 0.717) is 27.5 Å². The molecule has 1 aliphatic heterocycles. The minimum Gasteiger partial charge on any atom is -0.453 e. The van der Waals surface area contributed by atoms with E-state index in [9.17, 15) is 9.00 Å². The Morgan fingerprint density at radius 2 is 1.95 bits per heavy atom. The standard InChI is InChI=1S/C15H11N3O3S/c1-21-15(19)18-14-16-11-8-7-10(9-5-3-2-4-6-9)13(22-20)12(11)17-14/h2-8H,1H3,(H,16,18,19). The summed E-state index contributed by atoms with van der Waals surface area (Å²) in [6.45, 7) is 0. The number of aliphatic imine (C=N–C) groups is 2. The molecule has 0 fully saturated rings. The van der Waals surface area contributed by atoms with Crippen molar-refractivity contribution in [3.8, 4) is 0 Å². The highest BCUT2D eigenvalue weighted by atomic mass is 32.1. The van der Waals surface area contributed by atoms with Crippen LogP contribution in [0, 0.1) is 0 Å². The highest BCUT2D eigenvalue weighted by molar-refractivity contribution is 7.70. The van der Waals surface area contributed by atoms with E-state index in [1.165, 1.54) is 7.11 Å². The number of nitrogens with one attached hydrogen (secondary N) is 1. The van der Waals surface area contributed by atoms with Crippen molar-refractivity contribution in [2.45, 2.75) is 0 Å². The third-order valence-corrected chi connectivity index (χ3v) is 3.70. The number of hydrogen-bond acceptors (Lipinski definition) is 5. The summed E-state index contributed by atoms with van der Waals surface area (Å²) in [7, 11) is 1.25. The summed E-state index contributed by atoms with van der Waals surface area (Å²) in [6.07, 6.45) is 2.94. The van der Waals surface area contributed by atoms with Crippen molar-refractivity contribution >= 4 is 39.5 Å². The van der Waals surface area contributed by atoms with Gasteiger partial charge in [0, 0.05) is 5.57 Å². The average molecular weight is 313 g/mol. The van der Waals surface area contributed by atoms with E-state index in [1.807, 2.05) is 36.4 Å². The van der Waals surface area contributed by atoms with Crippen LogP contribution in [0.25, 0.3) is 5.57 Å². The quantitative estimate of drug-likeness (QED) is 0.798. The number of nitrogens with zero attached hydrogens (tertiary/aromatic N) is 2. The van der Waals surface area contributed by atoms with E-state index in [2.05, 4.69) is 20.0 Å². The second-order valence-corrected chi connectivity index (χ2v) is 5.00. The molecule has 0 spiro atoms. The first-order valence-electron chi connectivity index (χ1n) is 6.40. The monoisotopic (exact) mass is 313 g/mol. The van der Waals surface area contributed by atoms with Crippen LogP contribution >= 0.6 is 0 Å². The molecule has 1 aromatic rings. The Balaban J connectivity index is 1.97. The summed E-state index contributed by atoms with van der Waals surface area (Å²) < 4.78 is 16.1. The molecule has 2 aliphatic rings. The highest BCUT2D eigenvalue weighted by Gasteiger charge is 2.27. The second-order valence-electron chi connectivity index (χ2n) is 4.42. The number of allylic oxidation sites excluding steroid dienone is 4. The molecule has 1 heterocycles. The number of hydrogen-bond donors (Lipinski definition) is 1. The van der Waals surface area contributed by atoms with E-state index >= 15 is 0 Å². The van der Waals surface area contributed by atoms with Crippen molar-refractivity contribution in [3.63, 3.8) is 0 Å². The van der Waals surface area contributed by atoms with Gasteiger partial charge in [0.1, 0.15) is 10.6 Å². The first-order chi connectivity index (χ1) is 10.7. The lowest BCUT2D eigenvalue weighted by Crippen LogP contribution is -2.28.